The van der Waals surface area contributed by atoms with Gasteiger partial charge in [-0.15, -0.1) is 0 Å². The van der Waals surface area contributed by atoms with Gasteiger partial charge < -0.3 is 14.8 Å². The second-order valence-electron chi connectivity index (χ2n) is 4.33. The lowest BCUT2D eigenvalue weighted by molar-refractivity contribution is 0.335. The van der Waals surface area contributed by atoms with E-state index >= 15 is 0 Å². The van der Waals surface area contributed by atoms with Gasteiger partial charge in [0.05, 0.1) is 5.92 Å². The summed E-state index contributed by atoms with van der Waals surface area (Å²) in [6.07, 6.45) is 6.90. The van der Waals surface area contributed by atoms with Crippen molar-refractivity contribution in [3.63, 3.8) is 0 Å². The van der Waals surface area contributed by atoms with Gasteiger partial charge in [-0.2, -0.15) is 4.98 Å². The van der Waals surface area contributed by atoms with Gasteiger partial charge in [-0.25, -0.2) is 4.98 Å². The standard InChI is InChI=1S/C11H15N5O/c1-12-8-4-2-3-7(8)11-15-10(16-17-11)9-13-5-6-14-9/h5-8,12H,2-4H2,1H3,(H,13,14). The summed E-state index contributed by atoms with van der Waals surface area (Å²) in [7, 11) is 1.98. The Morgan fingerprint density at radius 3 is 3.18 bits per heavy atom. The molecule has 2 aromatic rings. The van der Waals surface area contributed by atoms with Crippen molar-refractivity contribution in [2.24, 2.45) is 0 Å². The Labute approximate surface area is 98.8 Å². The van der Waals surface area contributed by atoms with Crippen LogP contribution in [0.2, 0.25) is 0 Å². The molecule has 2 N–H and O–H groups in total. The van der Waals surface area contributed by atoms with Crippen LogP contribution in [0.15, 0.2) is 16.9 Å². The minimum Gasteiger partial charge on any atom is -0.342 e. The molecule has 2 heterocycles. The fraction of sp³-hybridized carbons (Fsp3) is 0.545. The maximum atomic E-state index is 5.34. The summed E-state index contributed by atoms with van der Waals surface area (Å²) in [6.45, 7) is 0. The predicted octanol–water partition coefficient (Wildman–Crippen LogP) is 1.32. The number of nitrogens with one attached hydrogen (secondary N) is 2. The van der Waals surface area contributed by atoms with Crippen molar-refractivity contribution in [1.29, 1.82) is 0 Å². The van der Waals surface area contributed by atoms with E-state index in [0.29, 0.717) is 29.5 Å². The molecule has 0 aromatic carbocycles. The van der Waals surface area contributed by atoms with Gasteiger partial charge in [0.1, 0.15) is 0 Å². The number of aromatic nitrogens is 4. The Balaban J connectivity index is 1.85. The highest BCUT2D eigenvalue weighted by atomic mass is 16.5. The van der Waals surface area contributed by atoms with E-state index in [1.807, 2.05) is 7.05 Å². The highest BCUT2D eigenvalue weighted by Gasteiger charge is 2.32. The fourth-order valence-corrected chi connectivity index (χ4v) is 2.47. The largest absolute Gasteiger partial charge is 0.342 e. The third-order valence-electron chi connectivity index (χ3n) is 3.36. The molecule has 1 fully saturated rings. The second kappa shape index (κ2) is 4.29. The molecule has 1 aliphatic carbocycles. The van der Waals surface area contributed by atoms with E-state index in [1.165, 1.54) is 12.8 Å². The van der Waals surface area contributed by atoms with Crippen LogP contribution in [0.25, 0.3) is 11.6 Å². The summed E-state index contributed by atoms with van der Waals surface area (Å²) in [5.74, 6) is 2.23. The first-order chi connectivity index (χ1) is 8.38. The highest BCUT2D eigenvalue weighted by molar-refractivity contribution is 5.40. The molecule has 0 spiro atoms. The van der Waals surface area contributed by atoms with Crippen LogP contribution in [0.3, 0.4) is 0 Å². The first-order valence-electron chi connectivity index (χ1n) is 5.89. The molecular weight excluding hydrogens is 218 g/mol. The van der Waals surface area contributed by atoms with Crippen LogP contribution in [0.4, 0.5) is 0 Å². The Bertz CT molecular complexity index is 478. The van der Waals surface area contributed by atoms with Crippen molar-refractivity contribution >= 4 is 0 Å². The lowest BCUT2D eigenvalue weighted by Gasteiger charge is -2.14. The Hall–Kier alpha value is -1.69. The van der Waals surface area contributed by atoms with Crippen LogP contribution in [0, 0.1) is 0 Å². The van der Waals surface area contributed by atoms with Gasteiger partial charge in [0.15, 0.2) is 5.82 Å². The smallest absolute Gasteiger partial charge is 0.238 e. The molecule has 2 aromatic heterocycles. The summed E-state index contributed by atoms with van der Waals surface area (Å²) in [4.78, 5) is 11.5. The maximum Gasteiger partial charge on any atom is 0.238 e. The van der Waals surface area contributed by atoms with E-state index in [4.69, 9.17) is 4.52 Å². The van der Waals surface area contributed by atoms with Crippen molar-refractivity contribution in [3.05, 3.63) is 18.3 Å². The molecular formula is C11H15N5O. The van der Waals surface area contributed by atoms with Gasteiger partial charge in [-0.05, 0) is 19.9 Å². The normalized spacial score (nSPS) is 24.3. The third kappa shape index (κ3) is 1.84. The molecule has 3 rings (SSSR count). The number of aromatic amines is 1. The lowest BCUT2D eigenvalue weighted by atomic mass is 10.0. The molecule has 90 valence electrons. The third-order valence-corrected chi connectivity index (χ3v) is 3.36. The predicted molar refractivity (Wildman–Crippen MR) is 61.3 cm³/mol. The number of rotatable bonds is 3. The molecule has 1 aliphatic rings. The average Bonchev–Trinajstić information content (AvgIpc) is 3.09. The Morgan fingerprint density at radius 2 is 2.41 bits per heavy atom. The quantitative estimate of drug-likeness (QED) is 0.835. The first kappa shape index (κ1) is 10.5. The van der Waals surface area contributed by atoms with E-state index in [0.717, 1.165) is 6.42 Å². The Kier molecular flexibility index (Phi) is 2.64. The van der Waals surface area contributed by atoms with Gasteiger partial charge in [0.25, 0.3) is 0 Å². The van der Waals surface area contributed by atoms with E-state index in [2.05, 4.69) is 25.4 Å². The Morgan fingerprint density at radius 1 is 1.47 bits per heavy atom. The SMILES string of the molecule is CNC1CCCC1c1nc(-c2ncc[nH]2)no1. The van der Waals surface area contributed by atoms with E-state index in [1.54, 1.807) is 12.4 Å². The number of likely N-dealkylation sites (N-methyl/N-ethyl adjacent to an activating group) is 1. The van der Waals surface area contributed by atoms with Crippen molar-refractivity contribution in [2.75, 3.05) is 7.05 Å². The van der Waals surface area contributed by atoms with Gasteiger partial charge in [-0.3, -0.25) is 0 Å². The monoisotopic (exact) mass is 233 g/mol. The van der Waals surface area contributed by atoms with Crippen molar-refractivity contribution in [2.45, 2.75) is 31.2 Å². The summed E-state index contributed by atoms with van der Waals surface area (Å²) in [5.41, 5.74) is 0. The topological polar surface area (TPSA) is 79.6 Å². The summed E-state index contributed by atoms with van der Waals surface area (Å²) in [5, 5.41) is 7.27. The van der Waals surface area contributed by atoms with E-state index < -0.39 is 0 Å². The molecule has 0 aliphatic heterocycles. The van der Waals surface area contributed by atoms with E-state index in [-0.39, 0.29) is 0 Å². The zero-order valence-electron chi connectivity index (χ0n) is 9.68. The number of nitrogens with zero attached hydrogens (tertiary/aromatic N) is 3. The van der Waals surface area contributed by atoms with Gasteiger partial charge >= 0.3 is 0 Å². The first-order valence-corrected chi connectivity index (χ1v) is 5.89. The van der Waals surface area contributed by atoms with Crippen LogP contribution >= 0.6 is 0 Å². The maximum absolute atomic E-state index is 5.34. The van der Waals surface area contributed by atoms with Gasteiger partial charge in [0.2, 0.25) is 11.7 Å². The van der Waals surface area contributed by atoms with Crippen molar-refractivity contribution in [3.8, 4) is 11.6 Å². The minimum absolute atomic E-state index is 0.330. The number of hydrogen-bond acceptors (Lipinski definition) is 5. The molecule has 6 heteroatoms. The zero-order chi connectivity index (χ0) is 11.7. The van der Waals surface area contributed by atoms with Crippen LogP contribution in [-0.4, -0.2) is 33.2 Å². The molecule has 1 saturated carbocycles. The number of hydrogen-bond donors (Lipinski definition) is 2. The van der Waals surface area contributed by atoms with Crippen molar-refractivity contribution in [1.82, 2.24) is 25.4 Å². The molecule has 0 amide bonds. The van der Waals surface area contributed by atoms with Gasteiger partial charge in [0, 0.05) is 18.4 Å². The summed E-state index contributed by atoms with van der Waals surface area (Å²) >= 11 is 0. The highest BCUT2D eigenvalue weighted by Crippen LogP contribution is 2.33. The molecule has 0 bridgehead atoms. The second-order valence-corrected chi connectivity index (χ2v) is 4.33. The molecule has 0 saturated heterocycles. The molecule has 17 heavy (non-hydrogen) atoms. The van der Waals surface area contributed by atoms with Gasteiger partial charge in [-0.1, -0.05) is 11.6 Å². The number of H-pyrrole nitrogens is 1. The molecule has 6 nitrogen and oxygen atoms in total. The van der Waals surface area contributed by atoms with Crippen LogP contribution in [0.1, 0.15) is 31.1 Å². The van der Waals surface area contributed by atoms with Crippen molar-refractivity contribution < 1.29 is 4.52 Å². The molecule has 2 unspecified atom stereocenters. The minimum atomic E-state index is 0.330. The lowest BCUT2D eigenvalue weighted by Crippen LogP contribution is -2.27. The molecule has 0 radical (unpaired) electrons. The fourth-order valence-electron chi connectivity index (χ4n) is 2.47. The number of imidazole rings is 1. The molecule has 2 atom stereocenters. The van der Waals surface area contributed by atoms with E-state index in [9.17, 15) is 0 Å². The van der Waals surface area contributed by atoms with Crippen LogP contribution in [0.5, 0.6) is 0 Å². The van der Waals surface area contributed by atoms with Crippen LogP contribution in [-0.2, 0) is 0 Å². The average molecular weight is 233 g/mol. The summed E-state index contributed by atoms with van der Waals surface area (Å²) in [6, 6.07) is 0.444. The van der Waals surface area contributed by atoms with Crippen LogP contribution < -0.4 is 5.32 Å². The summed E-state index contributed by atoms with van der Waals surface area (Å²) < 4.78 is 5.34. The zero-order valence-corrected chi connectivity index (χ0v) is 9.68.